The number of nitrogens with two attached hydrogens (primary N) is 1. The number of carbonyl (C=O) groups excluding carboxylic acids is 1. The summed E-state index contributed by atoms with van der Waals surface area (Å²) in [6, 6.07) is 3.70. The number of carbonyl (C=O) groups is 1. The summed E-state index contributed by atoms with van der Waals surface area (Å²) in [7, 11) is 0. The van der Waals surface area contributed by atoms with Gasteiger partial charge in [-0.05, 0) is 30.0 Å². The first-order chi connectivity index (χ1) is 9.72. The Bertz CT molecular complexity index is 667. The molecule has 0 radical (unpaired) electrons. The maximum absolute atomic E-state index is 12.2. The van der Waals surface area contributed by atoms with Crippen LogP contribution in [0.1, 0.15) is 26.4 Å². The Hall–Kier alpha value is -2.16. The molecule has 102 valence electrons. The molecular weight excluding hydrogens is 270 g/mol. The number of nitrogens with zero attached hydrogens (tertiary/aromatic N) is 1. The summed E-state index contributed by atoms with van der Waals surface area (Å²) >= 11 is 1.63. The lowest BCUT2D eigenvalue weighted by molar-refractivity contribution is 0.0951. The molecule has 0 fully saturated rings. The lowest BCUT2D eigenvalue weighted by Gasteiger charge is -2.06. The van der Waals surface area contributed by atoms with Gasteiger partial charge in [-0.15, -0.1) is 11.3 Å². The van der Waals surface area contributed by atoms with E-state index in [1.165, 1.54) is 5.56 Å². The van der Waals surface area contributed by atoms with E-state index >= 15 is 0 Å². The number of amides is 1. The highest BCUT2D eigenvalue weighted by molar-refractivity contribution is 7.10. The molecule has 0 aliphatic rings. The highest BCUT2D eigenvalue weighted by Gasteiger charge is 2.10. The summed E-state index contributed by atoms with van der Waals surface area (Å²) in [5.74, 6) is 5.45. The molecule has 0 atom stereocenters. The molecule has 0 unspecified atom stereocenters. The van der Waals surface area contributed by atoms with Crippen LogP contribution in [0.2, 0.25) is 0 Å². The van der Waals surface area contributed by atoms with Crippen LogP contribution in [0.3, 0.4) is 0 Å². The van der Waals surface area contributed by atoms with Crippen molar-refractivity contribution in [2.45, 2.75) is 13.5 Å². The minimum absolute atomic E-state index is 0.151. The SMILES string of the molecule is Cc1ccsc1CNC(=O)c1ccncc1C#CCN. The van der Waals surface area contributed by atoms with Crippen LogP contribution in [0.4, 0.5) is 0 Å². The number of hydrogen-bond donors (Lipinski definition) is 2. The van der Waals surface area contributed by atoms with E-state index in [0.717, 1.165) is 4.88 Å². The maximum Gasteiger partial charge on any atom is 0.252 e. The molecule has 2 heterocycles. The average molecular weight is 285 g/mol. The predicted molar refractivity (Wildman–Crippen MR) is 80.4 cm³/mol. The third-order valence-corrected chi connectivity index (χ3v) is 3.79. The van der Waals surface area contributed by atoms with Crippen molar-refractivity contribution in [2.75, 3.05) is 6.54 Å². The van der Waals surface area contributed by atoms with Crippen molar-refractivity contribution in [1.82, 2.24) is 10.3 Å². The van der Waals surface area contributed by atoms with Gasteiger partial charge in [0.05, 0.1) is 24.2 Å². The van der Waals surface area contributed by atoms with E-state index in [4.69, 9.17) is 5.73 Å². The second kappa shape index (κ2) is 6.85. The van der Waals surface area contributed by atoms with Crippen molar-refractivity contribution in [2.24, 2.45) is 5.73 Å². The van der Waals surface area contributed by atoms with Crippen LogP contribution in [-0.4, -0.2) is 17.4 Å². The fourth-order valence-electron chi connectivity index (χ4n) is 1.68. The second-order valence-corrected chi connectivity index (χ2v) is 5.14. The van der Waals surface area contributed by atoms with Crippen LogP contribution >= 0.6 is 11.3 Å². The number of hydrogen-bond acceptors (Lipinski definition) is 4. The van der Waals surface area contributed by atoms with E-state index in [-0.39, 0.29) is 12.5 Å². The van der Waals surface area contributed by atoms with E-state index < -0.39 is 0 Å². The Morgan fingerprint density at radius 2 is 2.35 bits per heavy atom. The molecule has 1 amide bonds. The lowest BCUT2D eigenvalue weighted by atomic mass is 10.1. The molecule has 4 nitrogen and oxygen atoms in total. The van der Waals surface area contributed by atoms with Gasteiger partial charge in [0, 0.05) is 17.3 Å². The molecule has 3 N–H and O–H groups in total. The summed E-state index contributed by atoms with van der Waals surface area (Å²) in [5.41, 5.74) is 7.66. The fourth-order valence-corrected chi connectivity index (χ4v) is 2.53. The van der Waals surface area contributed by atoms with Crippen LogP contribution in [0.15, 0.2) is 29.9 Å². The Kier molecular flexibility index (Phi) is 4.88. The molecule has 0 aliphatic heterocycles. The quantitative estimate of drug-likeness (QED) is 0.843. The highest BCUT2D eigenvalue weighted by Crippen LogP contribution is 2.15. The molecule has 20 heavy (non-hydrogen) atoms. The first-order valence-electron chi connectivity index (χ1n) is 6.16. The van der Waals surface area contributed by atoms with Crippen molar-refractivity contribution in [3.63, 3.8) is 0 Å². The number of thiophene rings is 1. The largest absolute Gasteiger partial charge is 0.347 e. The first-order valence-corrected chi connectivity index (χ1v) is 7.04. The van der Waals surface area contributed by atoms with Gasteiger partial charge in [-0.2, -0.15) is 0 Å². The van der Waals surface area contributed by atoms with Gasteiger partial charge in [0.25, 0.3) is 5.91 Å². The monoisotopic (exact) mass is 285 g/mol. The molecule has 0 aromatic carbocycles. The zero-order chi connectivity index (χ0) is 14.4. The van der Waals surface area contributed by atoms with Crippen LogP contribution in [0, 0.1) is 18.8 Å². The van der Waals surface area contributed by atoms with Crippen LogP contribution in [-0.2, 0) is 6.54 Å². The van der Waals surface area contributed by atoms with Crippen LogP contribution in [0.5, 0.6) is 0 Å². The number of aryl methyl sites for hydroxylation is 1. The minimum atomic E-state index is -0.151. The summed E-state index contributed by atoms with van der Waals surface area (Å²) < 4.78 is 0. The molecular formula is C15H15N3OS. The summed E-state index contributed by atoms with van der Waals surface area (Å²) in [4.78, 5) is 17.3. The predicted octanol–water partition coefficient (Wildman–Crippen LogP) is 1.69. The summed E-state index contributed by atoms with van der Waals surface area (Å²) in [6.45, 7) is 2.81. The molecule has 0 bridgehead atoms. The second-order valence-electron chi connectivity index (χ2n) is 4.14. The number of aromatic nitrogens is 1. The van der Waals surface area contributed by atoms with E-state index in [0.29, 0.717) is 17.7 Å². The zero-order valence-corrected chi connectivity index (χ0v) is 12.0. The molecule has 5 heteroatoms. The van der Waals surface area contributed by atoms with Gasteiger partial charge < -0.3 is 11.1 Å². The molecule has 2 rings (SSSR count). The molecule has 0 saturated heterocycles. The lowest BCUT2D eigenvalue weighted by Crippen LogP contribution is -2.23. The number of nitrogens with one attached hydrogen (secondary N) is 1. The molecule has 2 aromatic rings. The number of rotatable bonds is 3. The van der Waals surface area contributed by atoms with Crippen molar-refractivity contribution in [3.8, 4) is 11.8 Å². The van der Waals surface area contributed by atoms with Gasteiger partial charge in [-0.3, -0.25) is 9.78 Å². The average Bonchev–Trinajstić information content (AvgIpc) is 2.88. The Balaban J connectivity index is 2.11. The Morgan fingerprint density at radius 1 is 1.50 bits per heavy atom. The molecule has 0 aliphatic carbocycles. The molecule has 2 aromatic heterocycles. The normalized spacial score (nSPS) is 9.70. The van der Waals surface area contributed by atoms with Gasteiger partial charge in [-0.1, -0.05) is 11.8 Å². The van der Waals surface area contributed by atoms with E-state index in [2.05, 4.69) is 22.1 Å². The van der Waals surface area contributed by atoms with E-state index in [1.807, 2.05) is 18.4 Å². The van der Waals surface area contributed by atoms with Gasteiger partial charge in [0.2, 0.25) is 0 Å². The topological polar surface area (TPSA) is 68.0 Å². The van der Waals surface area contributed by atoms with Gasteiger partial charge in [0.1, 0.15) is 0 Å². The van der Waals surface area contributed by atoms with Gasteiger partial charge >= 0.3 is 0 Å². The van der Waals surface area contributed by atoms with Crippen LogP contribution in [0.25, 0.3) is 0 Å². The maximum atomic E-state index is 12.2. The highest BCUT2D eigenvalue weighted by atomic mass is 32.1. The third kappa shape index (κ3) is 3.44. The molecule has 0 spiro atoms. The Labute approximate surface area is 122 Å². The van der Waals surface area contributed by atoms with Crippen LogP contribution < -0.4 is 11.1 Å². The smallest absolute Gasteiger partial charge is 0.252 e. The third-order valence-electron chi connectivity index (χ3n) is 2.77. The summed E-state index contributed by atoms with van der Waals surface area (Å²) in [6.07, 6.45) is 3.16. The van der Waals surface area contributed by atoms with Crippen molar-refractivity contribution in [3.05, 3.63) is 51.5 Å². The standard InChI is InChI=1S/C15H15N3OS/c1-11-5-8-20-14(11)10-18-15(19)13-4-7-17-9-12(13)3-2-6-16/h4-5,7-9H,6,10,16H2,1H3,(H,18,19). The number of pyridine rings is 1. The van der Waals surface area contributed by atoms with Gasteiger partial charge in [-0.25, -0.2) is 0 Å². The first kappa shape index (κ1) is 14.3. The van der Waals surface area contributed by atoms with E-state index in [9.17, 15) is 4.79 Å². The molecule has 0 saturated carbocycles. The van der Waals surface area contributed by atoms with Crippen molar-refractivity contribution in [1.29, 1.82) is 0 Å². The fraction of sp³-hybridized carbons (Fsp3) is 0.200. The summed E-state index contributed by atoms with van der Waals surface area (Å²) in [5, 5.41) is 4.92. The van der Waals surface area contributed by atoms with E-state index in [1.54, 1.807) is 29.8 Å². The zero-order valence-electron chi connectivity index (χ0n) is 11.1. The minimum Gasteiger partial charge on any atom is -0.347 e. The van der Waals surface area contributed by atoms with Crippen molar-refractivity contribution < 1.29 is 4.79 Å². The van der Waals surface area contributed by atoms with Crippen molar-refractivity contribution >= 4 is 17.2 Å². The Morgan fingerprint density at radius 3 is 3.05 bits per heavy atom. The van der Waals surface area contributed by atoms with Gasteiger partial charge in [0.15, 0.2) is 0 Å².